The number of rotatable bonds is 1. The van der Waals surface area contributed by atoms with Crippen LogP contribution in [0, 0.1) is 0 Å². The van der Waals surface area contributed by atoms with Crippen LogP contribution in [0.2, 0.25) is 0 Å². The number of benzene rings is 1. The van der Waals surface area contributed by atoms with Gasteiger partial charge in [0.15, 0.2) is 0 Å². The summed E-state index contributed by atoms with van der Waals surface area (Å²) in [6.45, 7) is 0. The summed E-state index contributed by atoms with van der Waals surface area (Å²) in [4.78, 5) is 1.35. The van der Waals surface area contributed by atoms with Crippen molar-refractivity contribution in [3.8, 4) is 10.4 Å². The zero-order valence-corrected chi connectivity index (χ0v) is 11.0. The van der Waals surface area contributed by atoms with Crippen LogP contribution in [0.15, 0.2) is 46.3 Å². The maximum absolute atomic E-state index is 3.51. The smallest absolute Gasteiger partial charge is 0.0719 e. The summed E-state index contributed by atoms with van der Waals surface area (Å²) in [6.07, 6.45) is 0. The lowest BCUT2D eigenvalue weighted by Crippen LogP contribution is -1.67. The fourth-order valence-electron chi connectivity index (χ4n) is 1.55. The Kier molecular flexibility index (Phi) is 2.39. The minimum Gasteiger partial charge on any atom is -0.134 e. The van der Waals surface area contributed by atoms with Gasteiger partial charge in [-0.15, -0.1) is 22.7 Å². The average Bonchev–Trinajstić information content (AvgIpc) is 2.76. The minimum absolute atomic E-state index is 1.21. The SMILES string of the molecule is Brc1cc2sc(-c3ccccc3)cc2s1. The minimum atomic E-state index is 1.21. The molecule has 0 nitrogen and oxygen atoms in total. The molecule has 3 rings (SSSR count). The molecule has 0 amide bonds. The van der Waals surface area contributed by atoms with Crippen LogP contribution in [-0.4, -0.2) is 0 Å². The summed E-state index contributed by atoms with van der Waals surface area (Å²) in [5.41, 5.74) is 1.31. The highest BCUT2D eigenvalue weighted by atomic mass is 79.9. The summed E-state index contributed by atoms with van der Waals surface area (Å²) < 4.78 is 3.94. The predicted molar refractivity (Wildman–Crippen MR) is 72.8 cm³/mol. The standard InChI is InChI=1S/C12H7BrS2/c13-12-7-11-10(15-12)6-9(14-11)8-4-2-1-3-5-8/h1-7H. The molecule has 3 heteroatoms. The lowest BCUT2D eigenvalue weighted by atomic mass is 10.2. The van der Waals surface area contributed by atoms with Crippen molar-refractivity contribution in [3.63, 3.8) is 0 Å². The van der Waals surface area contributed by atoms with Crippen LogP contribution in [0.4, 0.5) is 0 Å². The number of fused-ring (bicyclic) bond motifs is 1. The van der Waals surface area contributed by atoms with Crippen LogP contribution in [0.25, 0.3) is 19.8 Å². The van der Waals surface area contributed by atoms with Gasteiger partial charge < -0.3 is 0 Å². The zero-order chi connectivity index (χ0) is 10.3. The van der Waals surface area contributed by atoms with Crippen molar-refractivity contribution in [1.29, 1.82) is 0 Å². The van der Waals surface area contributed by atoms with Gasteiger partial charge in [-0.3, -0.25) is 0 Å². The summed E-state index contributed by atoms with van der Waals surface area (Å²) >= 11 is 7.16. The van der Waals surface area contributed by atoms with Crippen molar-refractivity contribution in [3.05, 3.63) is 46.3 Å². The number of thiophene rings is 2. The second-order valence-corrected chi connectivity index (χ2v) is 6.80. The summed E-state index contributed by atoms with van der Waals surface area (Å²) in [5, 5.41) is 0. The first-order chi connectivity index (χ1) is 7.33. The third-order valence-electron chi connectivity index (χ3n) is 2.24. The molecule has 2 heterocycles. The largest absolute Gasteiger partial charge is 0.134 e. The molecule has 0 spiro atoms. The number of hydrogen-bond acceptors (Lipinski definition) is 2. The Bertz CT molecular complexity index is 561. The van der Waals surface area contributed by atoms with Gasteiger partial charge in [-0.05, 0) is 33.6 Å². The molecule has 0 atom stereocenters. The van der Waals surface area contributed by atoms with Gasteiger partial charge in [0, 0.05) is 14.3 Å². The molecule has 0 radical (unpaired) electrons. The second kappa shape index (κ2) is 3.74. The Labute approximate surface area is 104 Å². The van der Waals surface area contributed by atoms with Gasteiger partial charge in [-0.1, -0.05) is 30.3 Å². The monoisotopic (exact) mass is 294 g/mol. The molecule has 0 fully saturated rings. The molecule has 0 aliphatic carbocycles. The van der Waals surface area contributed by atoms with E-state index in [0.29, 0.717) is 0 Å². The molecule has 0 saturated carbocycles. The van der Waals surface area contributed by atoms with Gasteiger partial charge in [0.1, 0.15) is 0 Å². The fourth-order valence-corrected chi connectivity index (χ4v) is 4.58. The van der Waals surface area contributed by atoms with Crippen molar-refractivity contribution in [2.75, 3.05) is 0 Å². The lowest BCUT2D eigenvalue weighted by Gasteiger charge is -1.93. The van der Waals surface area contributed by atoms with Crippen LogP contribution in [0.3, 0.4) is 0 Å². The first-order valence-electron chi connectivity index (χ1n) is 4.57. The third kappa shape index (κ3) is 1.75. The van der Waals surface area contributed by atoms with Crippen LogP contribution in [0.5, 0.6) is 0 Å². The maximum atomic E-state index is 3.51. The quantitative estimate of drug-likeness (QED) is 0.564. The Hall–Kier alpha value is -0.640. The molecule has 74 valence electrons. The highest BCUT2D eigenvalue weighted by molar-refractivity contribution is 9.11. The van der Waals surface area contributed by atoms with E-state index < -0.39 is 0 Å². The van der Waals surface area contributed by atoms with E-state index in [2.05, 4.69) is 58.4 Å². The average molecular weight is 295 g/mol. The molecule has 3 aromatic rings. The van der Waals surface area contributed by atoms with Crippen molar-refractivity contribution in [1.82, 2.24) is 0 Å². The highest BCUT2D eigenvalue weighted by Gasteiger charge is 2.06. The first-order valence-corrected chi connectivity index (χ1v) is 7.00. The Morgan fingerprint density at radius 1 is 0.867 bits per heavy atom. The third-order valence-corrected chi connectivity index (χ3v) is 5.08. The lowest BCUT2D eigenvalue weighted by molar-refractivity contribution is 1.70. The van der Waals surface area contributed by atoms with Gasteiger partial charge >= 0.3 is 0 Å². The number of halogens is 1. The van der Waals surface area contributed by atoms with Crippen molar-refractivity contribution >= 4 is 48.0 Å². The van der Waals surface area contributed by atoms with Crippen molar-refractivity contribution < 1.29 is 0 Å². The molecule has 15 heavy (non-hydrogen) atoms. The molecule has 0 unspecified atom stereocenters. The first kappa shape index (κ1) is 9.58. The maximum Gasteiger partial charge on any atom is 0.0719 e. The highest BCUT2D eigenvalue weighted by Crippen LogP contribution is 2.39. The van der Waals surface area contributed by atoms with E-state index in [1.807, 2.05) is 11.3 Å². The zero-order valence-electron chi connectivity index (χ0n) is 7.74. The molecule has 2 aromatic heterocycles. The molecule has 0 bridgehead atoms. The van der Waals surface area contributed by atoms with Crippen LogP contribution < -0.4 is 0 Å². The van der Waals surface area contributed by atoms with Gasteiger partial charge in [-0.25, -0.2) is 0 Å². The van der Waals surface area contributed by atoms with E-state index in [1.165, 1.54) is 23.6 Å². The van der Waals surface area contributed by atoms with E-state index >= 15 is 0 Å². The summed E-state index contributed by atoms with van der Waals surface area (Å²) in [7, 11) is 0. The molecule has 0 aliphatic heterocycles. The molecule has 0 N–H and O–H groups in total. The van der Waals surface area contributed by atoms with Gasteiger partial charge in [0.05, 0.1) is 3.79 Å². The van der Waals surface area contributed by atoms with E-state index in [0.717, 1.165) is 0 Å². The normalized spacial score (nSPS) is 11.0. The van der Waals surface area contributed by atoms with E-state index in [1.54, 1.807) is 11.3 Å². The van der Waals surface area contributed by atoms with Crippen LogP contribution in [-0.2, 0) is 0 Å². The predicted octanol–water partition coefficient (Wildman–Crippen LogP) is 5.39. The van der Waals surface area contributed by atoms with Gasteiger partial charge in [-0.2, -0.15) is 0 Å². The van der Waals surface area contributed by atoms with Crippen LogP contribution >= 0.6 is 38.6 Å². The molecule has 1 aromatic carbocycles. The van der Waals surface area contributed by atoms with E-state index in [4.69, 9.17) is 0 Å². The fraction of sp³-hybridized carbons (Fsp3) is 0. The molecular formula is C12H7BrS2. The number of hydrogen-bond donors (Lipinski definition) is 0. The summed E-state index contributed by atoms with van der Waals surface area (Å²) in [5.74, 6) is 0. The summed E-state index contributed by atoms with van der Waals surface area (Å²) in [6, 6.07) is 15.0. The molecule has 0 aliphatic rings. The van der Waals surface area contributed by atoms with Crippen molar-refractivity contribution in [2.24, 2.45) is 0 Å². The Morgan fingerprint density at radius 2 is 1.60 bits per heavy atom. The van der Waals surface area contributed by atoms with E-state index in [9.17, 15) is 0 Å². The topological polar surface area (TPSA) is 0 Å². The van der Waals surface area contributed by atoms with E-state index in [-0.39, 0.29) is 0 Å². The van der Waals surface area contributed by atoms with Gasteiger partial charge in [0.25, 0.3) is 0 Å². The molecule has 0 saturated heterocycles. The Morgan fingerprint density at radius 3 is 2.33 bits per heavy atom. The van der Waals surface area contributed by atoms with Gasteiger partial charge in [0.2, 0.25) is 0 Å². The molecular weight excluding hydrogens is 288 g/mol. The van der Waals surface area contributed by atoms with Crippen molar-refractivity contribution in [2.45, 2.75) is 0 Å². The van der Waals surface area contributed by atoms with Crippen LogP contribution in [0.1, 0.15) is 0 Å². The second-order valence-electron chi connectivity index (χ2n) is 3.26. The Balaban J connectivity index is 2.16.